The zero-order valence-electron chi connectivity index (χ0n) is 26.1. The van der Waals surface area contributed by atoms with Crippen LogP contribution in [0.5, 0.6) is 11.5 Å². The molecule has 1 saturated heterocycles. The number of hydrogen-bond acceptors (Lipinski definition) is 9. The predicted molar refractivity (Wildman–Crippen MR) is 181 cm³/mol. The van der Waals surface area contributed by atoms with Crippen LogP contribution in [0.1, 0.15) is 48.2 Å². The van der Waals surface area contributed by atoms with E-state index >= 15 is 0 Å². The first-order valence-electron chi connectivity index (χ1n) is 14.9. The summed E-state index contributed by atoms with van der Waals surface area (Å²) < 4.78 is 16.6. The van der Waals surface area contributed by atoms with Crippen molar-refractivity contribution in [1.82, 2.24) is 4.90 Å². The van der Waals surface area contributed by atoms with Gasteiger partial charge in [0, 0.05) is 11.4 Å². The summed E-state index contributed by atoms with van der Waals surface area (Å²) in [7, 11) is 0. The molecule has 1 aliphatic rings. The van der Waals surface area contributed by atoms with Crippen LogP contribution >= 0.6 is 23.4 Å². The summed E-state index contributed by atoms with van der Waals surface area (Å²) >= 11 is 6.84. The third-order valence-corrected chi connectivity index (χ3v) is 7.84. The lowest BCUT2D eigenvalue weighted by molar-refractivity contribution is -0.127. The molecule has 1 aliphatic heterocycles. The van der Waals surface area contributed by atoms with Crippen LogP contribution in [0.3, 0.4) is 0 Å². The fourth-order valence-electron chi connectivity index (χ4n) is 4.34. The van der Waals surface area contributed by atoms with Crippen molar-refractivity contribution in [3.05, 3.63) is 87.3 Å². The lowest BCUT2D eigenvalue weighted by Gasteiger charge is -2.14. The first-order chi connectivity index (χ1) is 22.6. The number of carbonyl (C=O) groups excluding carboxylic acids is 5. The maximum Gasteiger partial charge on any atom is 0.339 e. The number of nitrogens with one attached hydrogen (secondary N) is 2. The Morgan fingerprint density at radius 1 is 0.915 bits per heavy atom. The zero-order chi connectivity index (χ0) is 33.9. The van der Waals surface area contributed by atoms with E-state index in [1.54, 1.807) is 31.2 Å². The van der Waals surface area contributed by atoms with Gasteiger partial charge in [-0.1, -0.05) is 43.1 Å². The number of thioether (sulfide) groups is 1. The minimum atomic E-state index is -0.646. The summed E-state index contributed by atoms with van der Waals surface area (Å²) in [6, 6.07) is 16.6. The maximum atomic E-state index is 13.1. The molecule has 13 heteroatoms. The maximum absolute atomic E-state index is 13.1. The van der Waals surface area contributed by atoms with Gasteiger partial charge >= 0.3 is 5.97 Å². The zero-order valence-corrected chi connectivity index (χ0v) is 27.7. The first-order valence-corrected chi connectivity index (χ1v) is 16.1. The Kier molecular flexibility index (Phi) is 12.4. The molecule has 0 aromatic heterocycles. The van der Waals surface area contributed by atoms with Gasteiger partial charge in [0.25, 0.3) is 17.1 Å². The van der Waals surface area contributed by atoms with Crippen molar-refractivity contribution in [2.45, 2.75) is 33.6 Å². The van der Waals surface area contributed by atoms with Gasteiger partial charge in [0.15, 0.2) is 18.1 Å². The second-order valence-electron chi connectivity index (χ2n) is 10.3. The number of carbonyl (C=O) groups is 5. The summed E-state index contributed by atoms with van der Waals surface area (Å²) in [5, 5.41) is 4.92. The van der Waals surface area contributed by atoms with Crippen LogP contribution in [-0.2, 0) is 19.1 Å². The van der Waals surface area contributed by atoms with Gasteiger partial charge in [-0.2, -0.15) is 0 Å². The summed E-state index contributed by atoms with van der Waals surface area (Å²) in [5.74, 6) is -1.58. The van der Waals surface area contributed by atoms with Gasteiger partial charge in [0.05, 0.1) is 28.7 Å². The van der Waals surface area contributed by atoms with Gasteiger partial charge in [-0.25, -0.2) is 4.79 Å². The molecule has 4 rings (SSSR count). The van der Waals surface area contributed by atoms with E-state index in [2.05, 4.69) is 10.6 Å². The van der Waals surface area contributed by atoms with E-state index in [-0.39, 0.29) is 40.3 Å². The van der Waals surface area contributed by atoms with Crippen molar-refractivity contribution in [2.24, 2.45) is 0 Å². The van der Waals surface area contributed by atoms with Gasteiger partial charge in [-0.3, -0.25) is 24.1 Å². The number of ether oxygens (including phenoxy) is 3. The third kappa shape index (κ3) is 9.84. The summed E-state index contributed by atoms with van der Waals surface area (Å²) in [5.41, 5.74) is 2.54. The lowest BCUT2D eigenvalue weighted by Crippen LogP contribution is -2.36. The Morgan fingerprint density at radius 3 is 2.43 bits per heavy atom. The second-order valence-corrected chi connectivity index (χ2v) is 11.7. The number of amides is 4. The molecule has 47 heavy (non-hydrogen) atoms. The number of hydrogen-bond donors (Lipinski definition) is 2. The molecule has 1 heterocycles. The van der Waals surface area contributed by atoms with E-state index in [9.17, 15) is 24.0 Å². The average Bonchev–Trinajstić information content (AvgIpc) is 3.28. The molecule has 3 aromatic carbocycles. The standard InChI is InChI=1S/C34H34ClN3O8S/c1-4-6-14-45-33(42)25-18-24(11-12-26(25)35)36-30(39)19-38-32(41)29(47-34(38)43)17-22-10-13-27(28(16-22)44-5-2)46-20-31(40)37-23-9-7-8-21(3)15-23/h7-13,15-18H,4-6,14,19-20H2,1-3H3,(H,36,39)(H,37,40)/b29-17+. The van der Waals surface area contributed by atoms with Crippen molar-refractivity contribution >= 4 is 69.7 Å². The van der Waals surface area contributed by atoms with Crippen LogP contribution in [-0.4, -0.2) is 60.2 Å². The molecular formula is C34H34ClN3O8S. The average molecular weight is 680 g/mol. The van der Waals surface area contributed by atoms with Gasteiger partial charge in [-0.05, 0) is 91.7 Å². The molecule has 0 aliphatic carbocycles. The second kappa shape index (κ2) is 16.7. The van der Waals surface area contributed by atoms with E-state index in [1.807, 2.05) is 32.0 Å². The Labute approximate surface area is 281 Å². The van der Waals surface area contributed by atoms with Gasteiger partial charge in [0.2, 0.25) is 5.91 Å². The number of unbranched alkanes of at least 4 members (excludes halogenated alkanes) is 1. The van der Waals surface area contributed by atoms with Crippen LogP contribution in [0, 0.1) is 6.92 Å². The van der Waals surface area contributed by atoms with Crippen LogP contribution < -0.4 is 20.1 Å². The molecule has 0 radical (unpaired) electrons. The fraction of sp³-hybridized carbons (Fsp3) is 0.265. The van der Waals surface area contributed by atoms with Gasteiger partial charge in [-0.15, -0.1) is 0 Å². The minimum absolute atomic E-state index is 0.0861. The number of halogens is 1. The Balaban J connectivity index is 1.38. The molecule has 4 amide bonds. The van der Waals surface area contributed by atoms with Crippen LogP contribution in [0.4, 0.5) is 16.2 Å². The Morgan fingerprint density at radius 2 is 1.68 bits per heavy atom. The topological polar surface area (TPSA) is 140 Å². The lowest BCUT2D eigenvalue weighted by atomic mass is 10.2. The molecule has 1 fully saturated rings. The molecule has 0 saturated carbocycles. The molecular weight excluding hydrogens is 646 g/mol. The normalized spacial score (nSPS) is 13.4. The highest BCUT2D eigenvalue weighted by molar-refractivity contribution is 8.18. The van der Waals surface area contributed by atoms with E-state index in [0.717, 1.165) is 16.9 Å². The highest BCUT2D eigenvalue weighted by atomic mass is 35.5. The van der Waals surface area contributed by atoms with Crippen molar-refractivity contribution in [2.75, 3.05) is 37.0 Å². The van der Waals surface area contributed by atoms with Gasteiger partial charge < -0.3 is 24.8 Å². The molecule has 0 atom stereocenters. The summed E-state index contributed by atoms with van der Waals surface area (Å²) in [4.78, 5) is 64.3. The van der Waals surface area contributed by atoms with E-state index in [0.29, 0.717) is 47.5 Å². The molecule has 246 valence electrons. The van der Waals surface area contributed by atoms with Crippen LogP contribution in [0.2, 0.25) is 5.02 Å². The number of anilines is 2. The molecule has 0 bridgehead atoms. The predicted octanol–water partition coefficient (Wildman–Crippen LogP) is 6.70. The largest absolute Gasteiger partial charge is 0.490 e. The van der Waals surface area contributed by atoms with Crippen LogP contribution in [0.15, 0.2) is 65.6 Å². The highest BCUT2D eigenvalue weighted by Gasteiger charge is 2.36. The number of aryl methyl sites for hydroxylation is 1. The van der Waals surface area contributed by atoms with Gasteiger partial charge in [0.1, 0.15) is 6.54 Å². The smallest absolute Gasteiger partial charge is 0.339 e. The number of rotatable bonds is 14. The van der Waals surface area contributed by atoms with E-state index in [1.165, 1.54) is 24.3 Å². The van der Waals surface area contributed by atoms with Crippen molar-refractivity contribution in [3.63, 3.8) is 0 Å². The number of esters is 1. The van der Waals surface area contributed by atoms with E-state index in [4.69, 9.17) is 25.8 Å². The molecule has 2 N–H and O–H groups in total. The third-order valence-electron chi connectivity index (χ3n) is 6.60. The summed E-state index contributed by atoms with van der Waals surface area (Å²) in [6.45, 7) is 5.45. The Hall–Kier alpha value is -4.81. The summed E-state index contributed by atoms with van der Waals surface area (Å²) in [6.07, 6.45) is 3.07. The SMILES string of the molecule is CCCCOC(=O)c1cc(NC(=O)CN2C(=O)S/C(=C/c3ccc(OCC(=O)Nc4cccc(C)c4)c(OCC)c3)C2=O)ccc1Cl. The minimum Gasteiger partial charge on any atom is -0.490 e. The van der Waals surface area contributed by atoms with Crippen molar-refractivity contribution in [3.8, 4) is 11.5 Å². The number of imide groups is 1. The van der Waals surface area contributed by atoms with E-state index < -0.39 is 29.6 Å². The molecule has 0 spiro atoms. The van der Waals surface area contributed by atoms with Crippen LogP contribution in [0.25, 0.3) is 6.08 Å². The quantitative estimate of drug-likeness (QED) is 0.108. The molecule has 0 unspecified atom stereocenters. The Bertz CT molecular complexity index is 1710. The highest BCUT2D eigenvalue weighted by Crippen LogP contribution is 2.35. The van der Waals surface area contributed by atoms with Crippen molar-refractivity contribution in [1.29, 1.82) is 0 Å². The molecule has 3 aromatic rings. The monoisotopic (exact) mass is 679 g/mol. The fourth-order valence-corrected chi connectivity index (χ4v) is 5.38. The number of nitrogens with zero attached hydrogens (tertiary/aromatic N) is 1. The first kappa shape index (κ1) is 35.1. The number of benzene rings is 3. The van der Waals surface area contributed by atoms with Crippen molar-refractivity contribution < 1.29 is 38.2 Å². The molecule has 11 nitrogen and oxygen atoms in total.